The highest BCUT2D eigenvalue weighted by Gasteiger charge is 2.25. The van der Waals surface area contributed by atoms with E-state index in [0.717, 1.165) is 11.1 Å². The Kier molecular flexibility index (Phi) is 6.17. The number of sulfonamides is 1. The van der Waals surface area contributed by atoms with Gasteiger partial charge in [-0.15, -0.1) is 0 Å². The highest BCUT2D eigenvalue weighted by atomic mass is 32.2. The number of aryl methyl sites for hydroxylation is 2. The topological polar surface area (TPSA) is 92.7 Å². The molecule has 0 aromatic heterocycles. The molecule has 2 aromatic carbocycles. The summed E-state index contributed by atoms with van der Waals surface area (Å²) in [5.41, 5.74) is 1.80. The third kappa shape index (κ3) is 5.30. The van der Waals surface area contributed by atoms with Crippen LogP contribution in [0.2, 0.25) is 0 Å². The molecule has 1 unspecified atom stereocenters. The van der Waals surface area contributed by atoms with Crippen LogP contribution in [0.25, 0.3) is 0 Å². The predicted molar refractivity (Wildman–Crippen MR) is 94.2 cm³/mol. The maximum Gasteiger partial charge on any atom is 0.321 e. The number of benzene rings is 2. The molecule has 1 atom stereocenters. The van der Waals surface area contributed by atoms with E-state index in [0.29, 0.717) is 12.2 Å². The highest BCUT2D eigenvalue weighted by Crippen LogP contribution is 2.16. The van der Waals surface area contributed by atoms with Gasteiger partial charge in [-0.3, -0.25) is 4.79 Å². The first kappa shape index (κ1) is 19.0. The molecule has 0 aliphatic carbocycles. The van der Waals surface area contributed by atoms with Crippen molar-refractivity contribution in [1.29, 1.82) is 0 Å². The molecule has 0 fully saturated rings. The van der Waals surface area contributed by atoms with E-state index in [-0.39, 0.29) is 11.3 Å². The van der Waals surface area contributed by atoms with Crippen molar-refractivity contribution in [3.05, 3.63) is 59.7 Å². The number of ether oxygens (including phenoxy) is 1. The van der Waals surface area contributed by atoms with Gasteiger partial charge in [0.15, 0.2) is 0 Å². The number of rotatable bonds is 8. The van der Waals surface area contributed by atoms with Gasteiger partial charge in [-0.05, 0) is 49.6 Å². The molecule has 6 nitrogen and oxygen atoms in total. The zero-order valence-corrected chi connectivity index (χ0v) is 14.9. The largest absolute Gasteiger partial charge is 0.497 e. The summed E-state index contributed by atoms with van der Waals surface area (Å²) in [5.74, 6) is -0.539. The summed E-state index contributed by atoms with van der Waals surface area (Å²) in [6.07, 6.45) is 0.540. The number of carbonyl (C=O) groups is 1. The van der Waals surface area contributed by atoms with Gasteiger partial charge in [0.2, 0.25) is 10.0 Å². The minimum atomic E-state index is -3.89. The first-order valence-electron chi connectivity index (χ1n) is 7.76. The zero-order chi connectivity index (χ0) is 18.4. The lowest BCUT2D eigenvalue weighted by Gasteiger charge is -2.15. The van der Waals surface area contributed by atoms with Crippen molar-refractivity contribution in [3.8, 4) is 5.75 Å². The summed E-state index contributed by atoms with van der Waals surface area (Å²) >= 11 is 0. The SMILES string of the molecule is COc1cccc(CCC(NS(=O)(=O)c2ccc(C)cc2)C(=O)O)c1. The van der Waals surface area contributed by atoms with Crippen LogP contribution >= 0.6 is 0 Å². The number of hydrogen-bond acceptors (Lipinski definition) is 4. The lowest BCUT2D eigenvalue weighted by molar-refractivity contribution is -0.139. The highest BCUT2D eigenvalue weighted by molar-refractivity contribution is 7.89. The average molecular weight is 363 g/mol. The Morgan fingerprint density at radius 2 is 1.88 bits per heavy atom. The molecule has 0 saturated carbocycles. The second kappa shape index (κ2) is 8.13. The monoisotopic (exact) mass is 363 g/mol. The molecule has 2 aromatic rings. The van der Waals surface area contributed by atoms with Crippen LogP contribution in [-0.4, -0.2) is 32.6 Å². The van der Waals surface area contributed by atoms with Gasteiger partial charge >= 0.3 is 5.97 Å². The molecule has 0 bridgehead atoms. The fourth-order valence-electron chi connectivity index (χ4n) is 2.34. The van der Waals surface area contributed by atoms with Crippen LogP contribution < -0.4 is 9.46 Å². The average Bonchev–Trinajstić information content (AvgIpc) is 2.59. The Hall–Kier alpha value is -2.38. The van der Waals surface area contributed by atoms with Gasteiger partial charge in [-0.1, -0.05) is 29.8 Å². The molecule has 0 radical (unpaired) electrons. The standard InChI is InChI=1S/C18H21NO5S/c1-13-6-9-16(10-7-13)25(22,23)19-17(18(20)21)11-8-14-4-3-5-15(12-14)24-2/h3-7,9-10,12,17,19H,8,11H2,1-2H3,(H,20,21). The smallest absolute Gasteiger partial charge is 0.321 e. The van der Waals surface area contributed by atoms with E-state index < -0.39 is 22.0 Å². The molecule has 0 heterocycles. The number of aliphatic carboxylic acids is 1. The first-order valence-corrected chi connectivity index (χ1v) is 9.25. The third-order valence-electron chi connectivity index (χ3n) is 3.78. The van der Waals surface area contributed by atoms with Gasteiger partial charge in [0.1, 0.15) is 11.8 Å². The molecule has 2 N–H and O–H groups in total. The number of carboxylic acids is 1. The molecule has 0 saturated heterocycles. The summed E-state index contributed by atoms with van der Waals surface area (Å²) in [6.45, 7) is 1.85. The van der Waals surface area contributed by atoms with Crippen molar-refractivity contribution in [2.24, 2.45) is 0 Å². The van der Waals surface area contributed by atoms with Gasteiger partial charge in [-0.2, -0.15) is 4.72 Å². The van der Waals surface area contributed by atoms with Crippen molar-refractivity contribution >= 4 is 16.0 Å². The summed E-state index contributed by atoms with van der Waals surface area (Å²) in [7, 11) is -2.34. The minimum absolute atomic E-state index is 0.0470. The Morgan fingerprint density at radius 1 is 1.20 bits per heavy atom. The molecule has 0 amide bonds. The van der Waals surface area contributed by atoms with Gasteiger partial charge in [0.25, 0.3) is 0 Å². The minimum Gasteiger partial charge on any atom is -0.497 e. The van der Waals surface area contributed by atoms with Crippen molar-refractivity contribution in [3.63, 3.8) is 0 Å². The molecular weight excluding hydrogens is 342 g/mol. The maximum absolute atomic E-state index is 12.4. The van der Waals surface area contributed by atoms with E-state index in [9.17, 15) is 18.3 Å². The van der Waals surface area contributed by atoms with E-state index in [1.54, 1.807) is 37.4 Å². The summed E-state index contributed by atoms with van der Waals surface area (Å²) in [6, 6.07) is 12.3. The molecule has 25 heavy (non-hydrogen) atoms. The first-order chi connectivity index (χ1) is 11.8. The molecule has 7 heteroatoms. The fourth-order valence-corrected chi connectivity index (χ4v) is 3.57. The van der Waals surface area contributed by atoms with E-state index in [4.69, 9.17) is 4.74 Å². The molecule has 0 spiro atoms. The van der Waals surface area contributed by atoms with Crippen molar-refractivity contribution < 1.29 is 23.1 Å². The van der Waals surface area contributed by atoms with Gasteiger partial charge in [0, 0.05) is 0 Å². The Labute approximate surface area is 147 Å². The van der Waals surface area contributed by atoms with Crippen molar-refractivity contribution in [2.45, 2.75) is 30.7 Å². The third-order valence-corrected chi connectivity index (χ3v) is 5.27. The molecule has 0 aliphatic heterocycles. The zero-order valence-electron chi connectivity index (χ0n) is 14.1. The fraction of sp³-hybridized carbons (Fsp3) is 0.278. The predicted octanol–water partition coefficient (Wildman–Crippen LogP) is 2.37. The van der Waals surface area contributed by atoms with Crippen LogP contribution in [0.4, 0.5) is 0 Å². The van der Waals surface area contributed by atoms with Crippen molar-refractivity contribution in [1.82, 2.24) is 4.72 Å². The van der Waals surface area contributed by atoms with Crippen LogP contribution in [0.5, 0.6) is 5.75 Å². The second-order valence-electron chi connectivity index (χ2n) is 5.72. The Balaban J connectivity index is 2.10. The van der Waals surface area contributed by atoms with Crippen molar-refractivity contribution in [2.75, 3.05) is 7.11 Å². The van der Waals surface area contributed by atoms with Gasteiger partial charge in [0.05, 0.1) is 12.0 Å². The lowest BCUT2D eigenvalue weighted by atomic mass is 10.1. The summed E-state index contributed by atoms with van der Waals surface area (Å²) < 4.78 is 32.1. The van der Waals surface area contributed by atoms with Crippen LogP contribution in [0.15, 0.2) is 53.4 Å². The van der Waals surface area contributed by atoms with Gasteiger partial charge < -0.3 is 9.84 Å². The number of hydrogen-bond donors (Lipinski definition) is 2. The van der Waals surface area contributed by atoms with Gasteiger partial charge in [-0.25, -0.2) is 8.42 Å². The molecule has 2 rings (SSSR count). The number of carboxylic acid groups (broad SMARTS) is 1. The molecular formula is C18H21NO5S. The quantitative estimate of drug-likeness (QED) is 0.751. The van der Waals surface area contributed by atoms with E-state index in [1.807, 2.05) is 13.0 Å². The van der Waals surface area contributed by atoms with Crippen LogP contribution in [-0.2, 0) is 21.2 Å². The lowest BCUT2D eigenvalue weighted by Crippen LogP contribution is -2.41. The van der Waals surface area contributed by atoms with Crippen LogP contribution in [0.3, 0.4) is 0 Å². The van der Waals surface area contributed by atoms with E-state index in [1.165, 1.54) is 12.1 Å². The summed E-state index contributed by atoms with van der Waals surface area (Å²) in [4.78, 5) is 11.5. The Bertz CT molecular complexity index is 831. The maximum atomic E-state index is 12.4. The molecule has 0 aliphatic rings. The second-order valence-corrected chi connectivity index (χ2v) is 7.43. The normalized spacial score (nSPS) is 12.6. The number of methoxy groups -OCH3 is 1. The number of nitrogens with one attached hydrogen (secondary N) is 1. The van der Waals surface area contributed by atoms with E-state index in [2.05, 4.69) is 4.72 Å². The molecule has 134 valence electrons. The Morgan fingerprint density at radius 3 is 2.48 bits per heavy atom. The van der Waals surface area contributed by atoms with Crippen LogP contribution in [0, 0.1) is 6.92 Å². The summed E-state index contributed by atoms with van der Waals surface area (Å²) in [5, 5.41) is 9.35. The van der Waals surface area contributed by atoms with E-state index >= 15 is 0 Å². The van der Waals surface area contributed by atoms with Crippen LogP contribution in [0.1, 0.15) is 17.5 Å².